The Morgan fingerprint density at radius 3 is 2.82 bits per heavy atom. The first-order valence-electron chi connectivity index (χ1n) is 3.39. The van der Waals surface area contributed by atoms with Crippen LogP contribution in [0.4, 0.5) is 5.69 Å². The number of nitrogen functional groups attached to an aromatic ring is 1. The van der Waals surface area contributed by atoms with E-state index >= 15 is 0 Å². The quantitative estimate of drug-likeness (QED) is 0.492. The van der Waals surface area contributed by atoms with Gasteiger partial charge in [-0.3, -0.25) is 0 Å². The van der Waals surface area contributed by atoms with Crippen molar-refractivity contribution in [2.75, 3.05) is 5.73 Å². The summed E-state index contributed by atoms with van der Waals surface area (Å²) in [7, 11) is 0. The summed E-state index contributed by atoms with van der Waals surface area (Å²) >= 11 is 0. The third-order valence-corrected chi connectivity index (χ3v) is 1.16. The van der Waals surface area contributed by atoms with Crippen LogP contribution in [-0.4, -0.2) is 11.4 Å². The van der Waals surface area contributed by atoms with Crippen molar-refractivity contribution in [2.24, 2.45) is 0 Å². The molecule has 3 heteroatoms. The van der Waals surface area contributed by atoms with Crippen LogP contribution < -0.4 is 10.5 Å². The van der Waals surface area contributed by atoms with Crippen molar-refractivity contribution in [1.29, 1.82) is 0 Å². The van der Waals surface area contributed by atoms with E-state index in [0.717, 1.165) is 0 Å². The van der Waals surface area contributed by atoms with Crippen LogP contribution in [0.3, 0.4) is 0 Å². The van der Waals surface area contributed by atoms with Gasteiger partial charge in [-0.2, -0.15) is 0 Å². The fraction of sp³-hybridized carbons (Fsp3) is 0.250. The number of aliphatic hydroxyl groups excluding tert-OH is 1. The standard InChI is InChI=1S/C8H11NO2/c1-6(10)11-8-4-2-3-7(9)5-8/h2-6,10H,9H2,1H3. The molecular formula is C8H11NO2. The number of hydrogen-bond donors (Lipinski definition) is 2. The predicted molar refractivity (Wildman–Crippen MR) is 43.2 cm³/mol. The normalized spacial score (nSPS) is 12.5. The summed E-state index contributed by atoms with van der Waals surface area (Å²) in [6, 6.07) is 6.93. The van der Waals surface area contributed by atoms with Gasteiger partial charge in [0.15, 0.2) is 6.29 Å². The molecule has 3 nitrogen and oxygen atoms in total. The maximum atomic E-state index is 8.83. The molecule has 1 aromatic carbocycles. The molecule has 0 heterocycles. The number of anilines is 1. The minimum Gasteiger partial charge on any atom is -0.465 e. The molecule has 0 aromatic heterocycles. The van der Waals surface area contributed by atoms with E-state index in [1.807, 2.05) is 0 Å². The Hall–Kier alpha value is -1.22. The van der Waals surface area contributed by atoms with Gasteiger partial charge in [0.1, 0.15) is 5.75 Å². The number of benzene rings is 1. The lowest BCUT2D eigenvalue weighted by Gasteiger charge is -2.08. The lowest BCUT2D eigenvalue weighted by Crippen LogP contribution is -2.09. The number of ether oxygens (including phenoxy) is 1. The lowest BCUT2D eigenvalue weighted by molar-refractivity contribution is -0.000235. The molecule has 0 amide bonds. The Kier molecular flexibility index (Phi) is 2.33. The summed E-state index contributed by atoms with van der Waals surface area (Å²) in [5.41, 5.74) is 6.10. The van der Waals surface area contributed by atoms with Crippen LogP contribution in [0, 0.1) is 0 Å². The fourth-order valence-electron chi connectivity index (χ4n) is 0.785. The molecule has 0 radical (unpaired) electrons. The van der Waals surface area contributed by atoms with Gasteiger partial charge < -0.3 is 15.6 Å². The van der Waals surface area contributed by atoms with Crippen molar-refractivity contribution < 1.29 is 9.84 Å². The van der Waals surface area contributed by atoms with Crippen LogP contribution in [0.15, 0.2) is 24.3 Å². The summed E-state index contributed by atoms with van der Waals surface area (Å²) in [4.78, 5) is 0. The highest BCUT2D eigenvalue weighted by Gasteiger charge is 1.96. The van der Waals surface area contributed by atoms with Gasteiger partial charge in [0.2, 0.25) is 0 Å². The third kappa shape index (κ3) is 2.47. The maximum Gasteiger partial charge on any atom is 0.194 e. The molecule has 0 bridgehead atoms. The number of nitrogens with two attached hydrogens (primary N) is 1. The van der Waals surface area contributed by atoms with Crippen LogP contribution >= 0.6 is 0 Å². The van der Waals surface area contributed by atoms with E-state index in [4.69, 9.17) is 15.6 Å². The topological polar surface area (TPSA) is 55.5 Å². The summed E-state index contributed by atoms with van der Waals surface area (Å²) in [6.45, 7) is 1.54. The summed E-state index contributed by atoms with van der Waals surface area (Å²) in [5.74, 6) is 0.583. The second-order valence-electron chi connectivity index (χ2n) is 2.29. The Morgan fingerprint density at radius 1 is 1.55 bits per heavy atom. The highest BCUT2D eigenvalue weighted by molar-refractivity contribution is 5.43. The van der Waals surface area contributed by atoms with Gasteiger partial charge in [-0.25, -0.2) is 0 Å². The molecule has 3 N–H and O–H groups in total. The predicted octanol–water partition coefficient (Wildman–Crippen LogP) is 0.986. The van der Waals surface area contributed by atoms with Crippen molar-refractivity contribution in [3.63, 3.8) is 0 Å². The zero-order chi connectivity index (χ0) is 8.27. The van der Waals surface area contributed by atoms with E-state index in [1.165, 1.54) is 0 Å². The van der Waals surface area contributed by atoms with Gasteiger partial charge in [-0.05, 0) is 19.1 Å². The highest BCUT2D eigenvalue weighted by atomic mass is 16.6. The Morgan fingerprint density at radius 2 is 2.27 bits per heavy atom. The van der Waals surface area contributed by atoms with Crippen molar-refractivity contribution in [1.82, 2.24) is 0 Å². The van der Waals surface area contributed by atoms with E-state index in [-0.39, 0.29) is 0 Å². The summed E-state index contributed by atoms with van der Waals surface area (Å²) in [6.07, 6.45) is -0.795. The number of hydrogen-bond acceptors (Lipinski definition) is 3. The molecule has 1 atom stereocenters. The van der Waals surface area contributed by atoms with Crippen molar-refractivity contribution >= 4 is 5.69 Å². The van der Waals surface area contributed by atoms with E-state index in [9.17, 15) is 0 Å². The first kappa shape index (κ1) is 7.88. The smallest absolute Gasteiger partial charge is 0.194 e. The molecule has 0 aliphatic rings. The molecule has 1 rings (SSSR count). The molecule has 1 unspecified atom stereocenters. The summed E-state index contributed by atoms with van der Waals surface area (Å²) < 4.78 is 4.97. The van der Waals surface area contributed by atoms with Crippen LogP contribution in [-0.2, 0) is 0 Å². The molecule has 0 fully saturated rings. The molecule has 0 aliphatic heterocycles. The molecule has 11 heavy (non-hydrogen) atoms. The van der Waals surface area contributed by atoms with Gasteiger partial charge in [0.05, 0.1) is 0 Å². The van der Waals surface area contributed by atoms with E-state index in [2.05, 4.69) is 0 Å². The van der Waals surface area contributed by atoms with Crippen LogP contribution in [0.1, 0.15) is 6.92 Å². The first-order chi connectivity index (χ1) is 5.18. The monoisotopic (exact) mass is 153 g/mol. The largest absolute Gasteiger partial charge is 0.465 e. The van der Waals surface area contributed by atoms with E-state index in [1.54, 1.807) is 31.2 Å². The third-order valence-electron chi connectivity index (χ3n) is 1.16. The van der Waals surface area contributed by atoms with Crippen molar-refractivity contribution in [2.45, 2.75) is 13.2 Å². The van der Waals surface area contributed by atoms with Gasteiger partial charge in [0.25, 0.3) is 0 Å². The molecule has 1 aromatic rings. The first-order valence-corrected chi connectivity index (χ1v) is 3.39. The van der Waals surface area contributed by atoms with Gasteiger partial charge in [-0.15, -0.1) is 0 Å². The highest BCUT2D eigenvalue weighted by Crippen LogP contribution is 2.14. The minimum absolute atomic E-state index is 0.583. The second kappa shape index (κ2) is 3.25. The number of rotatable bonds is 2. The Balaban J connectivity index is 2.71. The van der Waals surface area contributed by atoms with Crippen molar-refractivity contribution in [3.05, 3.63) is 24.3 Å². The molecule has 60 valence electrons. The minimum atomic E-state index is -0.795. The average Bonchev–Trinajstić information content (AvgIpc) is 1.85. The average molecular weight is 153 g/mol. The molecule has 0 saturated heterocycles. The zero-order valence-electron chi connectivity index (χ0n) is 6.32. The maximum absolute atomic E-state index is 8.83. The Bertz CT molecular complexity index is 235. The molecule has 0 spiro atoms. The van der Waals surface area contributed by atoms with Crippen LogP contribution in [0.25, 0.3) is 0 Å². The number of aliphatic hydroxyl groups is 1. The van der Waals surface area contributed by atoms with Crippen LogP contribution in [0.5, 0.6) is 5.75 Å². The van der Waals surface area contributed by atoms with Gasteiger partial charge in [0, 0.05) is 11.8 Å². The lowest BCUT2D eigenvalue weighted by atomic mass is 10.3. The second-order valence-corrected chi connectivity index (χ2v) is 2.29. The zero-order valence-corrected chi connectivity index (χ0v) is 6.32. The SMILES string of the molecule is CC(O)Oc1cccc(N)c1. The molecular weight excluding hydrogens is 142 g/mol. The van der Waals surface area contributed by atoms with Crippen molar-refractivity contribution in [3.8, 4) is 5.75 Å². The Labute approximate surface area is 65.4 Å². The van der Waals surface area contributed by atoms with E-state index in [0.29, 0.717) is 11.4 Å². The molecule has 0 aliphatic carbocycles. The van der Waals surface area contributed by atoms with Crippen LogP contribution in [0.2, 0.25) is 0 Å². The van der Waals surface area contributed by atoms with Gasteiger partial charge in [-0.1, -0.05) is 6.07 Å². The molecule has 0 saturated carbocycles. The summed E-state index contributed by atoms with van der Waals surface area (Å²) in [5, 5.41) is 8.83. The van der Waals surface area contributed by atoms with E-state index < -0.39 is 6.29 Å². The fourth-order valence-corrected chi connectivity index (χ4v) is 0.785. The van der Waals surface area contributed by atoms with Gasteiger partial charge >= 0.3 is 0 Å².